The highest BCUT2D eigenvalue weighted by atomic mass is 32.1. The lowest BCUT2D eigenvalue weighted by Gasteiger charge is -2.04. The Bertz CT molecular complexity index is 1150. The van der Waals surface area contributed by atoms with Gasteiger partial charge >= 0.3 is 0 Å². The summed E-state index contributed by atoms with van der Waals surface area (Å²) in [6.45, 7) is 5.99. The highest BCUT2D eigenvalue weighted by molar-refractivity contribution is 7.17. The van der Waals surface area contributed by atoms with E-state index in [2.05, 4.69) is 47.3 Å². The summed E-state index contributed by atoms with van der Waals surface area (Å²) in [6.07, 6.45) is 0. The number of hydrogen-bond acceptors (Lipinski definition) is 5. The zero-order valence-corrected chi connectivity index (χ0v) is 17.4. The SMILES string of the molecule is Cc1ccc(C)c(-c2csc(NC(=O)c3sc(-c4ccccc4)nc3C)n2)c1. The summed E-state index contributed by atoms with van der Waals surface area (Å²) < 4.78 is 0. The second-order valence-electron chi connectivity index (χ2n) is 6.61. The number of nitrogens with one attached hydrogen (secondary N) is 1. The molecule has 0 saturated carbocycles. The maximum atomic E-state index is 12.8. The number of carbonyl (C=O) groups is 1. The van der Waals surface area contributed by atoms with Crippen molar-refractivity contribution in [3.8, 4) is 21.8 Å². The average molecular weight is 406 g/mol. The standard InChI is InChI=1S/C22H19N3OS2/c1-13-9-10-14(2)17(11-13)18-12-27-22(24-18)25-20(26)19-15(3)23-21(28-19)16-7-5-4-6-8-16/h4-12H,1-3H3,(H,24,25,26). The van der Waals surface area contributed by atoms with Gasteiger partial charge in [-0.05, 0) is 32.4 Å². The van der Waals surface area contributed by atoms with Crippen LogP contribution >= 0.6 is 22.7 Å². The van der Waals surface area contributed by atoms with Crippen molar-refractivity contribution in [2.45, 2.75) is 20.8 Å². The zero-order valence-electron chi connectivity index (χ0n) is 15.8. The molecule has 0 aliphatic heterocycles. The topological polar surface area (TPSA) is 54.9 Å². The van der Waals surface area contributed by atoms with E-state index in [1.54, 1.807) is 0 Å². The summed E-state index contributed by atoms with van der Waals surface area (Å²) in [5.74, 6) is -0.168. The number of nitrogens with zero attached hydrogens (tertiary/aromatic N) is 2. The summed E-state index contributed by atoms with van der Waals surface area (Å²) in [6, 6.07) is 16.2. The predicted molar refractivity (Wildman–Crippen MR) is 117 cm³/mol. The van der Waals surface area contributed by atoms with Crippen molar-refractivity contribution in [3.05, 3.63) is 75.6 Å². The van der Waals surface area contributed by atoms with Crippen LogP contribution in [-0.4, -0.2) is 15.9 Å². The molecule has 28 heavy (non-hydrogen) atoms. The Morgan fingerprint density at radius 3 is 2.57 bits per heavy atom. The molecule has 2 heterocycles. The first-order valence-electron chi connectivity index (χ1n) is 8.88. The lowest BCUT2D eigenvalue weighted by molar-refractivity contribution is 0.103. The van der Waals surface area contributed by atoms with E-state index in [0.29, 0.717) is 10.0 Å². The number of hydrogen-bond donors (Lipinski definition) is 1. The first kappa shape index (κ1) is 18.5. The van der Waals surface area contributed by atoms with Crippen LogP contribution in [0.25, 0.3) is 21.8 Å². The largest absolute Gasteiger partial charge is 0.297 e. The molecule has 2 aromatic heterocycles. The van der Waals surface area contributed by atoms with Crippen LogP contribution in [0.15, 0.2) is 53.9 Å². The molecule has 4 aromatic rings. The number of thiazole rings is 2. The second kappa shape index (κ2) is 7.66. The molecule has 0 radical (unpaired) electrons. The third kappa shape index (κ3) is 3.74. The number of rotatable bonds is 4. The minimum absolute atomic E-state index is 0.168. The molecule has 1 N–H and O–H groups in total. The number of aromatic nitrogens is 2. The maximum Gasteiger partial charge on any atom is 0.269 e. The molecule has 0 atom stereocenters. The van der Waals surface area contributed by atoms with Crippen molar-refractivity contribution in [2.75, 3.05) is 5.32 Å². The summed E-state index contributed by atoms with van der Waals surface area (Å²) in [4.78, 5) is 22.6. The van der Waals surface area contributed by atoms with Crippen molar-refractivity contribution in [1.29, 1.82) is 0 Å². The maximum absolute atomic E-state index is 12.8. The average Bonchev–Trinajstić information content (AvgIpc) is 3.31. The number of benzene rings is 2. The number of aryl methyl sites for hydroxylation is 3. The van der Waals surface area contributed by atoms with Gasteiger partial charge in [0.15, 0.2) is 5.13 Å². The van der Waals surface area contributed by atoms with Gasteiger partial charge in [-0.25, -0.2) is 9.97 Å². The Morgan fingerprint density at radius 1 is 1.00 bits per heavy atom. The van der Waals surface area contributed by atoms with Crippen LogP contribution in [0, 0.1) is 20.8 Å². The van der Waals surface area contributed by atoms with Gasteiger partial charge in [-0.2, -0.15) is 0 Å². The molecule has 0 aliphatic rings. The van der Waals surface area contributed by atoms with Gasteiger partial charge in [0.2, 0.25) is 0 Å². The molecule has 0 bridgehead atoms. The summed E-state index contributed by atoms with van der Waals surface area (Å²) in [5, 5.41) is 6.34. The molecule has 0 fully saturated rings. The zero-order chi connectivity index (χ0) is 19.7. The van der Waals surface area contributed by atoms with E-state index in [1.165, 1.54) is 33.8 Å². The second-order valence-corrected chi connectivity index (χ2v) is 8.47. The minimum atomic E-state index is -0.168. The highest BCUT2D eigenvalue weighted by Crippen LogP contribution is 2.31. The smallest absolute Gasteiger partial charge is 0.269 e. The van der Waals surface area contributed by atoms with Gasteiger partial charge in [-0.15, -0.1) is 22.7 Å². The first-order valence-corrected chi connectivity index (χ1v) is 10.6. The van der Waals surface area contributed by atoms with Crippen LogP contribution in [0.4, 0.5) is 5.13 Å². The Hall–Kier alpha value is -2.83. The van der Waals surface area contributed by atoms with Crippen molar-refractivity contribution < 1.29 is 4.79 Å². The molecule has 2 aromatic carbocycles. The Morgan fingerprint density at radius 2 is 1.79 bits per heavy atom. The summed E-state index contributed by atoms with van der Waals surface area (Å²) in [7, 11) is 0. The van der Waals surface area contributed by atoms with E-state index >= 15 is 0 Å². The number of anilines is 1. The Balaban J connectivity index is 1.56. The van der Waals surface area contributed by atoms with Crippen molar-refractivity contribution >= 4 is 33.7 Å². The van der Waals surface area contributed by atoms with E-state index in [4.69, 9.17) is 0 Å². The predicted octanol–water partition coefficient (Wildman–Crippen LogP) is 6.11. The van der Waals surface area contributed by atoms with Gasteiger partial charge in [-0.3, -0.25) is 10.1 Å². The van der Waals surface area contributed by atoms with Crippen LogP contribution in [-0.2, 0) is 0 Å². The van der Waals surface area contributed by atoms with Crippen LogP contribution in [0.1, 0.15) is 26.5 Å². The quantitative estimate of drug-likeness (QED) is 0.445. The van der Waals surface area contributed by atoms with Crippen LogP contribution in [0.2, 0.25) is 0 Å². The van der Waals surface area contributed by atoms with Crippen molar-refractivity contribution in [3.63, 3.8) is 0 Å². The molecule has 4 nitrogen and oxygen atoms in total. The fourth-order valence-corrected chi connectivity index (χ4v) is 4.60. The highest BCUT2D eigenvalue weighted by Gasteiger charge is 2.18. The van der Waals surface area contributed by atoms with Gasteiger partial charge in [0, 0.05) is 16.5 Å². The minimum Gasteiger partial charge on any atom is -0.297 e. The fourth-order valence-electron chi connectivity index (χ4n) is 2.93. The fraction of sp³-hybridized carbons (Fsp3) is 0.136. The third-order valence-corrected chi connectivity index (χ3v) is 6.38. The summed E-state index contributed by atoms with van der Waals surface area (Å²) in [5.41, 5.74) is 6.07. The van der Waals surface area contributed by atoms with Crippen molar-refractivity contribution in [2.24, 2.45) is 0 Å². The third-order valence-electron chi connectivity index (χ3n) is 4.42. The molecule has 0 spiro atoms. The number of amides is 1. The van der Waals surface area contributed by atoms with E-state index in [-0.39, 0.29) is 5.91 Å². The molecule has 0 unspecified atom stereocenters. The normalized spacial score (nSPS) is 10.8. The van der Waals surface area contributed by atoms with Crippen LogP contribution in [0.5, 0.6) is 0 Å². The molecular weight excluding hydrogens is 386 g/mol. The van der Waals surface area contributed by atoms with Crippen LogP contribution in [0.3, 0.4) is 0 Å². The molecule has 1 amide bonds. The Labute approximate surface area is 171 Å². The van der Waals surface area contributed by atoms with Gasteiger partial charge in [0.05, 0.1) is 11.4 Å². The van der Waals surface area contributed by atoms with Gasteiger partial charge in [0.1, 0.15) is 9.88 Å². The monoisotopic (exact) mass is 405 g/mol. The summed E-state index contributed by atoms with van der Waals surface area (Å²) >= 11 is 2.83. The first-order chi connectivity index (χ1) is 13.5. The van der Waals surface area contributed by atoms with Gasteiger partial charge < -0.3 is 0 Å². The van der Waals surface area contributed by atoms with E-state index in [9.17, 15) is 4.79 Å². The molecule has 0 aliphatic carbocycles. The Kier molecular flexibility index (Phi) is 5.07. The number of carbonyl (C=O) groups excluding carboxylic acids is 1. The van der Waals surface area contributed by atoms with Gasteiger partial charge in [0.25, 0.3) is 5.91 Å². The van der Waals surface area contributed by atoms with E-state index < -0.39 is 0 Å². The van der Waals surface area contributed by atoms with E-state index in [1.807, 2.05) is 42.6 Å². The molecule has 0 saturated heterocycles. The van der Waals surface area contributed by atoms with E-state index in [0.717, 1.165) is 27.5 Å². The molecule has 6 heteroatoms. The molecular formula is C22H19N3OS2. The van der Waals surface area contributed by atoms with Crippen LogP contribution < -0.4 is 5.32 Å². The lowest BCUT2D eigenvalue weighted by atomic mass is 10.0. The van der Waals surface area contributed by atoms with Gasteiger partial charge in [-0.1, -0.05) is 48.0 Å². The van der Waals surface area contributed by atoms with Crippen molar-refractivity contribution in [1.82, 2.24) is 9.97 Å². The molecule has 140 valence electrons. The lowest BCUT2D eigenvalue weighted by Crippen LogP contribution is -2.11. The molecule has 4 rings (SSSR count).